The molecule has 5 rings (SSSR count). The van der Waals surface area contributed by atoms with Gasteiger partial charge in [0.05, 0.1) is 11.3 Å². The Bertz CT molecular complexity index is 1360. The number of carbonyl (C=O) groups excluding carboxylic acids is 1. The molecule has 0 atom stereocenters. The molecule has 1 aromatic heterocycles. The standard InChI is InChI=1S/C24H15IN2O2/c25-17-12-9-16(10-13-17)23(28)26-20-8-4-3-7-19(20)24-27-21-14-11-15-5-1-2-6-18(15)22(21)29-24/h1-14H,(H,26,28). The Labute approximate surface area is 180 Å². The van der Waals surface area contributed by atoms with Crippen LogP contribution in [0.3, 0.4) is 0 Å². The first-order valence-corrected chi connectivity index (χ1v) is 10.2. The predicted octanol–water partition coefficient (Wildman–Crippen LogP) is 6.50. The lowest BCUT2D eigenvalue weighted by Gasteiger charge is -2.09. The van der Waals surface area contributed by atoms with Crippen LogP contribution in [0.2, 0.25) is 0 Å². The smallest absolute Gasteiger partial charge is 0.255 e. The van der Waals surface area contributed by atoms with E-state index in [9.17, 15) is 4.79 Å². The van der Waals surface area contributed by atoms with Crippen LogP contribution in [-0.2, 0) is 0 Å². The molecule has 1 N–H and O–H groups in total. The molecule has 5 aromatic rings. The number of para-hydroxylation sites is 1. The fourth-order valence-corrected chi connectivity index (χ4v) is 3.70. The summed E-state index contributed by atoms with van der Waals surface area (Å²) in [5.41, 5.74) is 3.54. The average Bonchev–Trinajstić information content (AvgIpc) is 3.19. The Kier molecular flexibility index (Phi) is 4.52. The van der Waals surface area contributed by atoms with Gasteiger partial charge in [0.15, 0.2) is 5.58 Å². The van der Waals surface area contributed by atoms with Gasteiger partial charge in [0.1, 0.15) is 5.52 Å². The number of hydrogen-bond donors (Lipinski definition) is 1. The van der Waals surface area contributed by atoms with E-state index < -0.39 is 0 Å². The number of nitrogens with one attached hydrogen (secondary N) is 1. The van der Waals surface area contributed by atoms with Gasteiger partial charge in [-0.05, 0) is 70.4 Å². The number of nitrogens with zero attached hydrogens (tertiary/aromatic N) is 1. The average molecular weight is 490 g/mol. The van der Waals surface area contributed by atoms with Gasteiger partial charge in [-0.25, -0.2) is 4.98 Å². The normalized spacial score (nSPS) is 11.1. The fourth-order valence-electron chi connectivity index (χ4n) is 3.35. The van der Waals surface area contributed by atoms with Gasteiger partial charge in [0, 0.05) is 14.5 Å². The van der Waals surface area contributed by atoms with Crippen molar-refractivity contribution in [3.63, 3.8) is 0 Å². The minimum absolute atomic E-state index is 0.171. The number of hydrogen-bond acceptors (Lipinski definition) is 3. The lowest BCUT2D eigenvalue weighted by atomic mass is 10.1. The number of aromatic nitrogens is 1. The number of benzene rings is 4. The van der Waals surface area contributed by atoms with Gasteiger partial charge in [0.25, 0.3) is 5.91 Å². The van der Waals surface area contributed by atoms with Crippen LogP contribution in [0.25, 0.3) is 33.3 Å². The second-order valence-electron chi connectivity index (χ2n) is 6.66. The zero-order valence-corrected chi connectivity index (χ0v) is 17.4. The highest BCUT2D eigenvalue weighted by Crippen LogP contribution is 2.33. The molecule has 0 aliphatic carbocycles. The van der Waals surface area contributed by atoms with E-state index in [2.05, 4.69) is 32.9 Å². The Morgan fingerprint density at radius 3 is 2.48 bits per heavy atom. The highest BCUT2D eigenvalue weighted by atomic mass is 127. The monoisotopic (exact) mass is 490 g/mol. The molecule has 4 aromatic carbocycles. The number of oxazole rings is 1. The van der Waals surface area contributed by atoms with Crippen LogP contribution in [0, 0.1) is 3.57 Å². The maximum atomic E-state index is 12.7. The Hall–Kier alpha value is -3.19. The molecule has 0 unspecified atom stereocenters. The van der Waals surface area contributed by atoms with Crippen LogP contribution in [0.15, 0.2) is 89.3 Å². The topological polar surface area (TPSA) is 55.1 Å². The molecule has 4 nitrogen and oxygen atoms in total. The van der Waals surface area contributed by atoms with Crippen molar-refractivity contribution in [2.45, 2.75) is 0 Å². The van der Waals surface area contributed by atoms with E-state index in [-0.39, 0.29) is 5.91 Å². The summed E-state index contributed by atoms with van der Waals surface area (Å²) in [6.07, 6.45) is 0. The van der Waals surface area contributed by atoms with E-state index >= 15 is 0 Å². The van der Waals surface area contributed by atoms with Crippen LogP contribution in [0.4, 0.5) is 5.69 Å². The number of anilines is 1. The third-order valence-electron chi connectivity index (χ3n) is 4.79. The van der Waals surface area contributed by atoms with E-state index in [0.717, 1.165) is 31.0 Å². The summed E-state index contributed by atoms with van der Waals surface area (Å²) in [6, 6.07) is 27.0. The van der Waals surface area contributed by atoms with Crippen molar-refractivity contribution in [2.75, 3.05) is 5.32 Å². The summed E-state index contributed by atoms with van der Waals surface area (Å²) < 4.78 is 7.23. The maximum absolute atomic E-state index is 12.7. The summed E-state index contributed by atoms with van der Waals surface area (Å²) in [5, 5.41) is 5.10. The van der Waals surface area contributed by atoms with Crippen molar-refractivity contribution in [3.8, 4) is 11.5 Å². The van der Waals surface area contributed by atoms with Gasteiger partial charge in [-0.15, -0.1) is 0 Å². The molecule has 0 spiro atoms. The van der Waals surface area contributed by atoms with Crippen molar-refractivity contribution in [1.29, 1.82) is 0 Å². The van der Waals surface area contributed by atoms with Gasteiger partial charge >= 0.3 is 0 Å². The highest BCUT2D eigenvalue weighted by Gasteiger charge is 2.16. The number of halogens is 1. The van der Waals surface area contributed by atoms with Crippen LogP contribution >= 0.6 is 22.6 Å². The summed E-state index contributed by atoms with van der Waals surface area (Å²) in [6.45, 7) is 0. The Balaban J connectivity index is 1.56. The number of amides is 1. The maximum Gasteiger partial charge on any atom is 0.255 e. The number of rotatable bonds is 3. The number of fused-ring (bicyclic) bond motifs is 3. The molecule has 0 aliphatic rings. The largest absolute Gasteiger partial charge is 0.435 e. The van der Waals surface area contributed by atoms with Crippen LogP contribution < -0.4 is 5.32 Å². The summed E-state index contributed by atoms with van der Waals surface area (Å²) in [5.74, 6) is 0.310. The molecular formula is C24H15IN2O2. The predicted molar refractivity (Wildman–Crippen MR) is 124 cm³/mol. The van der Waals surface area contributed by atoms with E-state index in [1.165, 1.54) is 0 Å². The zero-order chi connectivity index (χ0) is 19.8. The van der Waals surface area contributed by atoms with Crippen molar-refractivity contribution in [1.82, 2.24) is 4.98 Å². The molecule has 1 heterocycles. The van der Waals surface area contributed by atoms with E-state index in [1.807, 2.05) is 84.9 Å². The minimum Gasteiger partial charge on any atom is -0.435 e. The molecule has 5 heteroatoms. The Morgan fingerprint density at radius 1 is 0.862 bits per heavy atom. The molecule has 0 bridgehead atoms. The van der Waals surface area contributed by atoms with Gasteiger partial charge in [-0.2, -0.15) is 0 Å². The van der Waals surface area contributed by atoms with Gasteiger partial charge < -0.3 is 9.73 Å². The van der Waals surface area contributed by atoms with Crippen LogP contribution in [0.5, 0.6) is 0 Å². The lowest BCUT2D eigenvalue weighted by molar-refractivity contribution is 0.102. The fraction of sp³-hybridized carbons (Fsp3) is 0. The quantitative estimate of drug-likeness (QED) is 0.294. The lowest BCUT2D eigenvalue weighted by Crippen LogP contribution is -2.12. The third kappa shape index (κ3) is 3.38. The third-order valence-corrected chi connectivity index (χ3v) is 5.51. The highest BCUT2D eigenvalue weighted by molar-refractivity contribution is 14.1. The van der Waals surface area contributed by atoms with Gasteiger partial charge in [-0.1, -0.05) is 42.5 Å². The number of carbonyl (C=O) groups is 1. The first kappa shape index (κ1) is 17.9. The van der Waals surface area contributed by atoms with Gasteiger partial charge in [-0.3, -0.25) is 4.79 Å². The molecule has 0 fully saturated rings. The van der Waals surface area contributed by atoms with Crippen LogP contribution in [0.1, 0.15) is 10.4 Å². The van der Waals surface area contributed by atoms with Crippen molar-refractivity contribution in [2.24, 2.45) is 0 Å². The second kappa shape index (κ2) is 7.33. The summed E-state index contributed by atoms with van der Waals surface area (Å²) >= 11 is 2.22. The molecular weight excluding hydrogens is 475 g/mol. The molecule has 1 amide bonds. The SMILES string of the molecule is O=C(Nc1ccccc1-c1nc2ccc3ccccc3c2o1)c1ccc(I)cc1. The second-order valence-corrected chi connectivity index (χ2v) is 7.91. The summed E-state index contributed by atoms with van der Waals surface area (Å²) in [4.78, 5) is 17.4. The minimum atomic E-state index is -0.171. The van der Waals surface area contributed by atoms with E-state index in [0.29, 0.717) is 17.1 Å². The first-order valence-electron chi connectivity index (χ1n) is 9.14. The van der Waals surface area contributed by atoms with Crippen molar-refractivity contribution in [3.05, 3.63) is 94.1 Å². The molecule has 140 valence electrons. The van der Waals surface area contributed by atoms with Gasteiger partial charge in [0.2, 0.25) is 5.89 Å². The molecule has 0 saturated heterocycles. The van der Waals surface area contributed by atoms with Crippen molar-refractivity contribution >= 4 is 56.1 Å². The molecule has 0 saturated carbocycles. The van der Waals surface area contributed by atoms with Crippen molar-refractivity contribution < 1.29 is 9.21 Å². The first-order chi connectivity index (χ1) is 14.2. The van der Waals surface area contributed by atoms with E-state index in [1.54, 1.807) is 0 Å². The van der Waals surface area contributed by atoms with E-state index in [4.69, 9.17) is 4.42 Å². The molecule has 29 heavy (non-hydrogen) atoms. The zero-order valence-electron chi connectivity index (χ0n) is 15.2. The Morgan fingerprint density at radius 2 is 1.62 bits per heavy atom. The van der Waals surface area contributed by atoms with Crippen LogP contribution in [-0.4, -0.2) is 10.9 Å². The summed E-state index contributed by atoms with van der Waals surface area (Å²) in [7, 11) is 0. The molecule has 0 aliphatic heterocycles. The molecule has 0 radical (unpaired) electrons.